The highest BCUT2D eigenvalue weighted by molar-refractivity contribution is 5.90. The molecule has 0 aliphatic carbocycles. The standard InChI is InChI=1S/C35H44N4O5/c1-23-30(36)39-28-20-27(15-16-29(28)42-23)35(37,31(40)43-33(2,3)4)21-25-13-10-14-26(19-25)22-38-32(41)44-34(5,6)18-17-24-11-8-7-9-12-24/h7-16,19-20,23H,17-18,21-22,37H2,1-6H3,(H2,36,39)(H,38,41). The number of amides is 1. The fraction of sp³-hybridized carbons (Fsp3) is 0.400. The van der Waals surface area contributed by atoms with Crippen LogP contribution >= 0.6 is 0 Å². The van der Waals surface area contributed by atoms with E-state index in [1.54, 1.807) is 39.0 Å². The van der Waals surface area contributed by atoms with E-state index in [2.05, 4.69) is 22.4 Å². The lowest BCUT2D eigenvalue weighted by Gasteiger charge is -2.32. The number of carbonyl (C=O) groups excluding carboxylic acids is 2. The van der Waals surface area contributed by atoms with Gasteiger partial charge in [-0.25, -0.2) is 14.6 Å². The second-order valence-electron chi connectivity index (χ2n) is 12.9. The first-order chi connectivity index (χ1) is 20.6. The summed E-state index contributed by atoms with van der Waals surface area (Å²) in [4.78, 5) is 30.8. The zero-order valence-electron chi connectivity index (χ0n) is 26.5. The van der Waals surface area contributed by atoms with Crippen LogP contribution in [0.5, 0.6) is 5.75 Å². The van der Waals surface area contributed by atoms with E-state index < -0.39 is 28.8 Å². The summed E-state index contributed by atoms with van der Waals surface area (Å²) < 4.78 is 17.4. The first-order valence-electron chi connectivity index (χ1n) is 14.9. The van der Waals surface area contributed by atoms with Crippen LogP contribution in [0, 0.1) is 0 Å². The van der Waals surface area contributed by atoms with Crippen LogP contribution in [-0.2, 0) is 39.2 Å². The number of hydrogen-bond donors (Lipinski definition) is 3. The van der Waals surface area contributed by atoms with Crippen molar-refractivity contribution in [2.24, 2.45) is 16.5 Å². The Morgan fingerprint density at radius 3 is 2.30 bits per heavy atom. The number of nitrogens with zero attached hydrogens (tertiary/aromatic N) is 1. The van der Waals surface area contributed by atoms with Gasteiger partial charge in [0.1, 0.15) is 34.0 Å². The fourth-order valence-electron chi connectivity index (χ4n) is 4.90. The molecule has 0 fully saturated rings. The van der Waals surface area contributed by atoms with Crippen molar-refractivity contribution < 1.29 is 23.8 Å². The van der Waals surface area contributed by atoms with E-state index >= 15 is 0 Å². The van der Waals surface area contributed by atoms with Gasteiger partial charge < -0.3 is 31.0 Å². The Morgan fingerprint density at radius 1 is 0.909 bits per heavy atom. The molecule has 3 aromatic rings. The zero-order chi connectivity index (χ0) is 32.1. The molecule has 2 unspecified atom stereocenters. The monoisotopic (exact) mass is 600 g/mol. The Balaban J connectivity index is 1.47. The molecule has 1 heterocycles. The Hall–Kier alpha value is -4.37. The van der Waals surface area contributed by atoms with E-state index in [4.69, 9.17) is 25.7 Å². The van der Waals surface area contributed by atoms with Gasteiger partial charge in [-0.05, 0) is 88.8 Å². The third-order valence-electron chi connectivity index (χ3n) is 7.35. The second kappa shape index (κ2) is 13.1. The summed E-state index contributed by atoms with van der Waals surface area (Å²) in [6.07, 6.45) is 0.783. The van der Waals surface area contributed by atoms with Crippen LogP contribution in [0.4, 0.5) is 10.5 Å². The highest BCUT2D eigenvalue weighted by Gasteiger charge is 2.41. The molecule has 0 aromatic heterocycles. The first kappa shape index (κ1) is 32.5. The van der Waals surface area contributed by atoms with E-state index in [-0.39, 0.29) is 19.1 Å². The average molecular weight is 601 g/mol. The molecule has 3 aromatic carbocycles. The van der Waals surface area contributed by atoms with E-state index in [1.807, 2.05) is 63.2 Å². The van der Waals surface area contributed by atoms with Crippen molar-refractivity contribution in [1.82, 2.24) is 5.32 Å². The summed E-state index contributed by atoms with van der Waals surface area (Å²) in [6, 6.07) is 22.9. The number of aryl methyl sites for hydroxylation is 1. The molecule has 5 N–H and O–H groups in total. The quantitative estimate of drug-likeness (QED) is 0.249. The largest absolute Gasteiger partial charge is 0.481 e. The van der Waals surface area contributed by atoms with Crippen molar-refractivity contribution in [1.29, 1.82) is 0 Å². The fourth-order valence-corrected chi connectivity index (χ4v) is 4.90. The lowest BCUT2D eigenvalue weighted by atomic mass is 9.83. The van der Waals surface area contributed by atoms with Crippen LogP contribution in [0.15, 0.2) is 77.8 Å². The number of carbonyl (C=O) groups is 2. The molecule has 0 radical (unpaired) electrons. The predicted octanol–water partition coefficient (Wildman–Crippen LogP) is 5.83. The van der Waals surface area contributed by atoms with Crippen molar-refractivity contribution >= 4 is 23.6 Å². The molecule has 1 aliphatic rings. The molecule has 0 saturated carbocycles. The lowest BCUT2D eigenvalue weighted by molar-refractivity contribution is -0.162. The summed E-state index contributed by atoms with van der Waals surface area (Å²) in [6.45, 7) is 11.3. The van der Waals surface area contributed by atoms with Crippen molar-refractivity contribution in [3.63, 3.8) is 0 Å². The number of esters is 1. The van der Waals surface area contributed by atoms with Crippen molar-refractivity contribution in [2.45, 2.75) is 90.2 Å². The maximum Gasteiger partial charge on any atom is 0.407 e. The third-order valence-corrected chi connectivity index (χ3v) is 7.35. The van der Waals surface area contributed by atoms with E-state index in [0.717, 1.165) is 17.5 Å². The van der Waals surface area contributed by atoms with Gasteiger partial charge in [-0.1, -0.05) is 60.7 Å². The van der Waals surface area contributed by atoms with E-state index in [0.29, 0.717) is 29.3 Å². The molecular weight excluding hydrogens is 556 g/mol. The minimum atomic E-state index is -1.54. The molecule has 44 heavy (non-hydrogen) atoms. The molecule has 9 heteroatoms. The molecule has 1 aliphatic heterocycles. The van der Waals surface area contributed by atoms with Gasteiger partial charge in [0, 0.05) is 13.0 Å². The highest BCUT2D eigenvalue weighted by atomic mass is 16.6. The number of alkyl carbamates (subject to hydrolysis) is 1. The molecule has 0 saturated heterocycles. The second-order valence-corrected chi connectivity index (χ2v) is 12.9. The van der Waals surface area contributed by atoms with Gasteiger partial charge in [-0.3, -0.25) is 0 Å². The first-order valence-corrected chi connectivity index (χ1v) is 14.9. The van der Waals surface area contributed by atoms with Crippen LogP contribution in [0.3, 0.4) is 0 Å². The van der Waals surface area contributed by atoms with Crippen LogP contribution in [0.1, 0.15) is 70.2 Å². The zero-order valence-corrected chi connectivity index (χ0v) is 26.5. The minimum absolute atomic E-state index is 0.141. The Bertz CT molecular complexity index is 1510. The normalized spacial score (nSPS) is 16.1. The number of nitrogens with one attached hydrogen (secondary N) is 1. The van der Waals surface area contributed by atoms with Crippen LogP contribution in [-0.4, -0.2) is 35.2 Å². The summed E-state index contributed by atoms with van der Waals surface area (Å²) >= 11 is 0. The lowest BCUT2D eigenvalue weighted by Crippen LogP contribution is -2.50. The van der Waals surface area contributed by atoms with Gasteiger partial charge in [-0.2, -0.15) is 0 Å². The van der Waals surface area contributed by atoms with Crippen LogP contribution < -0.4 is 21.5 Å². The topological polar surface area (TPSA) is 138 Å². The average Bonchev–Trinajstić information content (AvgIpc) is 2.95. The Kier molecular flexibility index (Phi) is 9.69. The smallest absolute Gasteiger partial charge is 0.407 e. The Labute approximate surface area is 260 Å². The third kappa shape index (κ3) is 8.60. The molecule has 0 bridgehead atoms. The number of fused-ring (bicyclic) bond motifs is 1. The van der Waals surface area contributed by atoms with Crippen molar-refractivity contribution in [3.05, 3.63) is 95.1 Å². The number of rotatable bonds is 10. The molecule has 2 atom stereocenters. The van der Waals surface area contributed by atoms with Crippen LogP contribution in [0.2, 0.25) is 0 Å². The van der Waals surface area contributed by atoms with Crippen LogP contribution in [0.25, 0.3) is 0 Å². The summed E-state index contributed by atoms with van der Waals surface area (Å²) in [5, 5.41) is 2.85. The van der Waals surface area contributed by atoms with E-state index in [1.165, 1.54) is 5.56 Å². The number of nitrogens with two attached hydrogens (primary N) is 2. The summed E-state index contributed by atoms with van der Waals surface area (Å²) in [7, 11) is 0. The predicted molar refractivity (Wildman–Crippen MR) is 172 cm³/mol. The summed E-state index contributed by atoms with van der Waals surface area (Å²) in [5.41, 5.74) is 13.9. The van der Waals surface area contributed by atoms with E-state index in [9.17, 15) is 9.59 Å². The molecule has 4 rings (SSSR count). The maximum atomic E-state index is 13.6. The molecule has 0 spiro atoms. The molecular formula is C35H44N4O5. The van der Waals surface area contributed by atoms with Gasteiger partial charge in [0.25, 0.3) is 0 Å². The Morgan fingerprint density at radius 2 is 1.59 bits per heavy atom. The number of amidine groups is 1. The van der Waals surface area contributed by atoms with Gasteiger partial charge in [0.2, 0.25) is 0 Å². The highest BCUT2D eigenvalue weighted by Crippen LogP contribution is 2.37. The maximum absolute atomic E-state index is 13.6. The SMILES string of the molecule is CC1Oc2ccc(C(N)(Cc3cccc(CNC(=O)OC(C)(C)CCc4ccccc4)c3)C(=O)OC(C)(C)C)cc2N=C1N. The summed E-state index contributed by atoms with van der Waals surface area (Å²) in [5.74, 6) is 0.329. The number of benzene rings is 3. The van der Waals surface area contributed by atoms with Gasteiger partial charge >= 0.3 is 12.1 Å². The molecule has 234 valence electrons. The minimum Gasteiger partial charge on any atom is -0.481 e. The van der Waals surface area contributed by atoms with Crippen molar-refractivity contribution in [2.75, 3.05) is 0 Å². The number of hydrogen-bond acceptors (Lipinski definition) is 8. The van der Waals surface area contributed by atoms with Gasteiger partial charge in [-0.15, -0.1) is 0 Å². The van der Waals surface area contributed by atoms with Gasteiger partial charge in [0.05, 0.1) is 0 Å². The van der Waals surface area contributed by atoms with Crippen molar-refractivity contribution in [3.8, 4) is 5.75 Å². The van der Waals surface area contributed by atoms with Gasteiger partial charge in [0.15, 0.2) is 6.10 Å². The number of ether oxygens (including phenoxy) is 3. The number of aliphatic imine (C=N–C) groups is 1. The molecule has 9 nitrogen and oxygen atoms in total. The molecule has 1 amide bonds.